The second kappa shape index (κ2) is 3.66. The highest BCUT2D eigenvalue weighted by Gasteiger charge is 2.45. The Labute approximate surface area is 89.7 Å². The van der Waals surface area contributed by atoms with E-state index in [1.807, 2.05) is 24.3 Å². The van der Waals surface area contributed by atoms with E-state index in [2.05, 4.69) is 12.2 Å². The van der Waals surface area contributed by atoms with Gasteiger partial charge in [-0.2, -0.15) is 0 Å². The molecule has 0 radical (unpaired) electrons. The zero-order valence-electron chi connectivity index (χ0n) is 8.92. The maximum absolute atomic E-state index is 11.6. The molecule has 1 amide bonds. The van der Waals surface area contributed by atoms with Crippen LogP contribution in [0.3, 0.4) is 0 Å². The molecule has 0 unspecified atom stereocenters. The molecule has 1 aliphatic rings. The van der Waals surface area contributed by atoms with Crippen LogP contribution in [0.15, 0.2) is 24.3 Å². The van der Waals surface area contributed by atoms with Crippen LogP contribution < -0.4 is 11.1 Å². The summed E-state index contributed by atoms with van der Waals surface area (Å²) in [6.45, 7) is 2.10. The lowest BCUT2D eigenvalue weighted by Gasteiger charge is -2.10. The van der Waals surface area contributed by atoms with Crippen LogP contribution in [0.2, 0.25) is 0 Å². The average Bonchev–Trinajstić information content (AvgIpc) is 2.99. The molecule has 0 bridgehead atoms. The van der Waals surface area contributed by atoms with Crippen molar-refractivity contribution in [2.45, 2.75) is 31.7 Å². The van der Waals surface area contributed by atoms with Gasteiger partial charge in [0, 0.05) is 5.69 Å². The summed E-state index contributed by atoms with van der Waals surface area (Å²) in [5.74, 6) is -0.0632. The Morgan fingerprint density at radius 1 is 1.40 bits per heavy atom. The van der Waals surface area contributed by atoms with Crippen molar-refractivity contribution in [3.05, 3.63) is 29.8 Å². The summed E-state index contributed by atoms with van der Waals surface area (Å²) in [7, 11) is 0. The average molecular weight is 204 g/mol. The maximum atomic E-state index is 11.6. The molecule has 15 heavy (non-hydrogen) atoms. The van der Waals surface area contributed by atoms with Gasteiger partial charge >= 0.3 is 0 Å². The van der Waals surface area contributed by atoms with Gasteiger partial charge in [0.25, 0.3) is 0 Å². The molecular weight excluding hydrogens is 188 g/mol. The number of nitrogens with one attached hydrogen (secondary N) is 1. The van der Waals surface area contributed by atoms with Gasteiger partial charge in [-0.25, -0.2) is 0 Å². The van der Waals surface area contributed by atoms with Gasteiger partial charge in [0.15, 0.2) is 0 Å². The van der Waals surface area contributed by atoms with Crippen molar-refractivity contribution in [3.63, 3.8) is 0 Å². The number of nitrogens with two attached hydrogens (primary N) is 1. The third kappa shape index (κ3) is 2.18. The van der Waals surface area contributed by atoms with Crippen LogP contribution in [0.5, 0.6) is 0 Å². The van der Waals surface area contributed by atoms with Gasteiger partial charge in [0.2, 0.25) is 5.91 Å². The van der Waals surface area contributed by atoms with E-state index in [4.69, 9.17) is 5.73 Å². The number of rotatable bonds is 3. The molecule has 1 saturated carbocycles. The van der Waals surface area contributed by atoms with E-state index < -0.39 is 5.54 Å². The summed E-state index contributed by atoms with van der Waals surface area (Å²) in [5, 5.41) is 2.83. The van der Waals surface area contributed by atoms with Gasteiger partial charge < -0.3 is 11.1 Å². The molecule has 0 aliphatic heterocycles. The van der Waals surface area contributed by atoms with Crippen LogP contribution in [0.4, 0.5) is 5.69 Å². The van der Waals surface area contributed by atoms with Gasteiger partial charge in [-0.05, 0) is 37.0 Å². The molecule has 1 aliphatic carbocycles. The Morgan fingerprint density at radius 3 is 2.47 bits per heavy atom. The molecule has 3 nitrogen and oxygen atoms in total. The predicted octanol–water partition coefficient (Wildman–Crippen LogP) is 1.68. The maximum Gasteiger partial charge on any atom is 0.244 e. The molecule has 3 N–H and O–H groups in total. The number of amides is 1. The smallest absolute Gasteiger partial charge is 0.244 e. The lowest BCUT2D eigenvalue weighted by Crippen LogP contribution is -2.37. The van der Waals surface area contributed by atoms with E-state index in [0.29, 0.717) is 0 Å². The molecule has 1 aromatic rings. The Hall–Kier alpha value is -1.35. The Balaban J connectivity index is 2.01. The minimum absolute atomic E-state index is 0.0632. The van der Waals surface area contributed by atoms with Gasteiger partial charge in [0.1, 0.15) is 0 Å². The Bertz CT molecular complexity index is 366. The summed E-state index contributed by atoms with van der Waals surface area (Å²) in [4.78, 5) is 11.6. The molecule has 3 heteroatoms. The predicted molar refractivity (Wildman–Crippen MR) is 60.6 cm³/mol. The van der Waals surface area contributed by atoms with E-state index in [9.17, 15) is 4.79 Å². The van der Waals surface area contributed by atoms with E-state index >= 15 is 0 Å². The van der Waals surface area contributed by atoms with E-state index in [0.717, 1.165) is 24.9 Å². The third-order valence-electron chi connectivity index (χ3n) is 2.86. The quantitative estimate of drug-likeness (QED) is 0.787. The minimum Gasteiger partial charge on any atom is -0.324 e. The summed E-state index contributed by atoms with van der Waals surface area (Å²) >= 11 is 0. The standard InChI is InChI=1S/C12H16N2O/c1-2-9-3-5-10(6-4-9)14-11(15)12(13)7-8-12/h3-6H,2,7-8,13H2,1H3,(H,14,15). The molecule has 80 valence electrons. The molecule has 0 atom stereocenters. The highest BCUT2D eigenvalue weighted by atomic mass is 16.2. The summed E-state index contributed by atoms with van der Waals surface area (Å²) in [6.07, 6.45) is 2.60. The van der Waals surface area contributed by atoms with Crippen molar-refractivity contribution in [2.75, 3.05) is 5.32 Å². The third-order valence-corrected chi connectivity index (χ3v) is 2.86. The SMILES string of the molecule is CCc1ccc(NC(=O)C2(N)CC2)cc1. The van der Waals surface area contributed by atoms with E-state index in [-0.39, 0.29) is 5.91 Å². The molecular formula is C12H16N2O. The summed E-state index contributed by atoms with van der Waals surface area (Å²) in [5.41, 5.74) is 7.28. The summed E-state index contributed by atoms with van der Waals surface area (Å²) < 4.78 is 0. The van der Waals surface area contributed by atoms with Gasteiger partial charge in [-0.15, -0.1) is 0 Å². The van der Waals surface area contributed by atoms with Crippen molar-refractivity contribution in [1.82, 2.24) is 0 Å². The Kier molecular flexibility index (Phi) is 2.49. The fourth-order valence-electron chi connectivity index (χ4n) is 1.44. The van der Waals surface area contributed by atoms with E-state index in [1.54, 1.807) is 0 Å². The zero-order valence-corrected chi connectivity index (χ0v) is 8.92. The topological polar surface area (TPSA) is 55.1 Å². The van der Waals surface area contributed by atoms with Crippen LogP contribution in [0, 0.1) is 0 Å². The fraction of sp³-hybridized carbons (Fsp3) is 0.417. The number of carbonyl (C=O) groups is 1. The van der Waals surface area contributed by atoms with Crippen LogP contribution in [0.25, 0.3) is 0 Å². The first-order valence-electron chi connectivity index (χ1n) is 5.33. The first kappa shape index (κ1) is 10.2. The Morgan fingerprint density at radius 2 is 2.00 bits per heavy atom. The molecule has 2 rings (SSSR count). The van der Waals surface area contributed by atoms with E-state index in [1.165, 1.54) is 5.56 Å². The lowest BCUT2D eigenvalue weighted by atomic mass is 10.1. The van der Waals surface area contributed by atoms with Crippen molar-refractivity contribution in [3.8, 4) is 0 Å². The molecule has 1 aromatic carbocycles. The number of aryl methyl sites for hydroxylation is 1. The van der Waals surface area contributed by atoms with Crippen molar-refractivity contribution < 1.29 is 4.79 Å². The number of anilines is 1. The first-order valence-corrected chi connectivity index (χ1v) is 5.33. The second-order valence-corrected chi connectivity index (χ2v) is 4.16. The van der Waals surface area contributed by atoms with Crippen molar-refractivity contribution in [2.24, 2.45) is 5.73 Å². The van der Waals surface area contributed by atoms with Crippen molar-refractivity contribution >= 4 is 11.6 Å². The first-order chi connectivity index (χ1) is 7.14. The van der Waals surface area contributed by atoms with Gasteiger partial charge in [-0.3, -0.25) is 4.79 Å². The minimum atomic E-state index is -0.594. The number of hydrogen-bond donors (Lipinski definition) is 2. The fourth-order valence-corrected chi connectivity index (χ4v) is 1.44. The lowest BCUT2D eigenvalue weighted by molar-refractivity contribution is -0.118. The van der Waals surface area contributed by atoms with Crippen LogP contribution >= 0.6 is 0 Å². The highest BCUT2D eigenvalue weighted by molar-refractivity contribution is 6.00. The number of hydrogen-bond acceptors (Lipinski definition) is 2. The molecule has 0 heterocycles. The van der Waals surface area contributed by atoms with Crippen LogP contribution in [0.1, 0.15) is 25.3 Å². The van der Waals surface area contributed by atoms with Crippen LogP contribution in [-0.2, 0) is 11.2 Å². The van der Waals surface area contributed by atoms with Crippen molar-refractivity contribution in [1.29, 1.82) is 0 Å². The molecule has 0 saturated heterocycles. The number of benzene rings is 1. The molecule has 0 aromatic heterocycles. The highest BCUT2D eigenvalue weighted by Crippen LogP contribution is 2.33. The normalized spacial score (nSPS) is 17.2. The number of carbonyl (C=O) groups excluding carboxylic acids is 1. The summed E-state index contributed by atoms with van der Waals surface area (Å²) in [6, 6.07) is 7.88. The van der Waals surface area contributed by atoms with Gasteiger partial charge in [0.05, 0.1) is 5.54 Å². The van der Waals surface area contributed by atoms with Gasteiger partial charge in [-0.1, -0.05) is 19.1 Å². The monoisotopic (exact) mass is 204 g/mol. The zero-order chi connectivity index (χ0) is 10.9. The second-order valence-electron chi connectivity index (χ2n) is 4.16. The molecule has 0 spiro atoms. The largest absolute Gasteiger partial charge is 0.324 e. The van der Waals surface area contributed by atoms with Crippen LogP contribution in [-0.4, -0.2) is 11.4 Å². The molecule has 1 fully saturated rings.